The first-order valence-corrected chi connectivity index (χ1v) is 7.35. The van der Waals surface area contributed by atoms with Crippen LogP contribution in [0.1, 0.15) is 24.0 Å². The predicted octanol–water partition coefficient (Wildman–Crippen LogP) is 2.24. The van der Waals surface area contributed by atoms with Gasteiger partial charge in [-0.05, 0) is 37.3 Å². The number of aliphatic hydroxyl groups is 1. The molecule has 2 fully saturated rings. The van der Waals surface area contributed by atoms with Crippen LogP contribution in [0.4, 0.5) is 0 Å². The van der Waals surface area contributed by atoms with Crippen molar-refractivity contribution in [3.63, 3.8) is 0 Å². The molecule has 3 rings (SSSR count). The molecule has 3 atom stereocenters. The molecule has 1 aliphatic carbocycles. The zero-order chi connectivity index (χ0) is 14.1. The maximum atomic E-state index is 12.2. The van der Waals surface area contributed by atoms with Crippen molar-refractivity contribution in [2.75, 3.05) is 13.1 Å². The highest BCUT2D eigenvalue weighted by Gasteiger charge is 2.42. The second kappa shape index (κ2) is 5.41. The number of aliphatic hydroxyl groups excluding tert-OH is 1. The molecule has 1 amide bonds. The molecule has 106 valence electrons. The Kier molecular flexibility index (Phi) is 3.62. The summed E-state index contributed by atoms with van der Waals surface area (Å²) in [4.78, 5) is 14.1. The van der Waals surface area contributed by atoms with Crippen molar-refractivity contribution in [3.05, 3.63) is 41.5 Å². The van der Waals surface area contributed by atoms with E-state index in [0.717, 1.165) is 24.9 Å². The smallest absolute Gasteiger partial charge is 0.246 e. The summed E-state index contributed by atoms with van der Waals surface area (Å²) in [5.74, 6) is 0.862. The fourth-order valence-electron chi connectivity index (χ4n) is 3.37. The second-order valence-electron chi connectivity index (χ2n) is 6.06. The monoisotopic (exact) mass is 271 g/mol. The number of amides is 1. The molecule has 0 spiro atoms. The summed E-state index contributed by atoms with van der Waals surface area (Å²) in [5.41, 5.74) is 2.26. The molecule has 3 unspecified atom stereocenters. The molecule has 1 saturated carbocycles. The van der Waals surface area contributed by atoms with Crippen molar-refractivity contribution < 1.29 is 9.90 Å². The number of benzene rings is 1. The van der Waals surface area contributed by atoms with Gasteiger partial charge in [0.1, 0.15) is 0 Å². The molecule has 0 radical (unpaired) electrons. The lowest BCUT2D eigenvalue weighted by Crippen LogP contribution is -2.29. The number of likely N-dealkylation sites (tertiary alicyclic amines) is 1. The van der Waals surface area contributed by atoms with Crippen LogP contribution < -0.4 is 0 Å². The van der Waals surface area contributed by atoms with Crippen molar-refractivity contribution in [2.45, 2.75) is 25.9 Å². The van der Waals surface area contributed by atoms with Crippen LogP contribution in [0.2, 0.25) is 0 Å². The minimum atomic E-state index is -0.209. The van der Waals surface area contributed by atoms with Gasteiger partial charge in [-0.3, -0.25) is 4.79 Å². The molecule has 2 aliphatic rings. The van der Waals surface area contributed by atoms with Crippen LogP contribution in [0.5, 0.6) is 0 Å². The molecule has 0 bridgehead atoms. The third-order valence-electron chi connectivity index (χ3n) is 4.63. The first-order chi connectivity index (χ1) is 9.63. The summed E-state index contributed by atoms with van der Waals surface area (Å²) in [6.07, 6.45) is 5.26. The standard InChI is InChI=1S/C17H21NO2/c1-12-2-4-13(5-3-12)6-9-17(20)18-10-14-7-8-16(19)15(14)11-18/h2-6,9,14-16,19H,7-8,10-11H2,1H3/b9-6+. The Morgan fingerprint density at radius 3 is 2.70 bits per heavy atom. The van der Waals surface area contributed by atoms with Gasteiger partial charge in [0.25, 0.3) is 0 Å². The molecule has 20 heavy (non-hydrogen) atoms. The summed E-state index contributed by atoms with van der Waals surface area (Å²) in [7, 11) is 0. The van der Waals surface area contributed by atoms with E-state index in [0.29, 0.717) is 18.4 Å². The van der Waals surface area contributed by atoms with Crippen LogP contribution >= 0.6 is 0 Å². The summed E-state index contributed by atoms with van der Waals surface area (Å²) in [5, 5.41) is 9.88. The van der Waals surface area contributed by atoms with Gasteiger partial charge >= 0.3 is 0 Å². The Balaban J connectivity index is 1.61. The first kappa shape index (κ1) is 13.4. The highest BCUT2D eigenvalue weighted by atomic mass is 16.3. The molecule has 1 aliphatic heterocycles. The maximum absolute atomic E-state index is 12.2. The number of hydrogen-bond donors (Lipinski definition) is 1. The summed E-state index contributed by atoms with van der Waals surface area (Å²) < 4.78 is 0. The van der Waals surface area contributed by atoms with Crippen LogP contribution in [0.15, 0.2) is 30.3 Å². The Morgan fingerprint density at radius 1 is 1.25 bits per heavy atom. The van der Waals surface area contributed by atoms with E-state index < -0.39 is 0 Å². The van der Waals surface area contributed by atoms with Gasteiger partial charge in [0.05, 0.1) is 6.10 Å². The second-order valence-corrected chi connectivity index (χ2v) is 6.06. The quantitative estimate of drug-likeness (QED) is 0.838. The van der Waals surface area contributed by atoms with Crippen molar-refractivity contribution in [2.24, 2.45) is 11.8 Å². The zero-order valence-corrected chi connectivity index (χ0v) is 11.8. The largest absolute Gasteiger partial charge is 0.393 e. The number of carbonyl (C=O) groups excluding carboxylic acids is 1. The molecule has 1 saturated heterocycles. The minimum Gasteiger partial charge on any atom is -0.393 e. The minimum absolute atomic E-state index is 0.0622. The van der Waals surface area contributed by atoms with E-state index in [9.17, 15) is 9.90 Å². The molecule has 1 heterocycles. The Bertz CT molecular complexity index is 520. The number of carbonyl (C=O) groups is 1. The van der Waals surface area contributed by atoms with Gasteiger partial charge < -0.3 is 10.0 Å². The molecule has 1 N–H and O–H groups in total. The SMILES string of the molecule is Cc1ccc(/C=C/C(=O)N2CC3CCC(O)C3C2)cc1. The predicted molar refractivity (Wildman–Crippen MR) is 79.0 cm³/mol. The Labute approximate surface area is 119 Å². The molecule has 0 aromatic heterocycles. The number of aryl methyl sites for hydroxylation is 1. The molecule has 3 heteroatoms. The third-order valence-corrected chi connectivity index (χ3v) is 4.63. The average molecular weight is 271 g/mol. The number of rotatable bonds is 2. The topological polar surface area (TPSA) is 40.5 Å². The van der Waals surface area contributed by atoms with Crippen LogP contribution in [0, 0.1) is 18.8 Å². The van der Waals surface area contributed by atoms with Gasteiger partial charge in [-0.2, -0.15) is 0 Å². The number of fused-ring (bicyclic) bond motifs is 1. The highest BCUT2D eigenvalue weighted by Crippen LogP contribution is 2.38. The van der Waals surface area contributed by atoms with E-state index >= 15 is 0 Å². The molecule has 3 nitrogen and oxygen atoms in total. The number of hydrogen-bond acceptors (Lipinski definition) is 2. The average Bonchev–Trinajstić information content (AvgIpc) is 3.01. The Hall–Kier alpha value is -1.61. The lowest BCUT2D eigenvalue weighted by molar-refractivity contribution is -0.125. The van der Waals surface area contributed by atoms with Gasteiger partial charge in [0.2, 0.25) is 5.91 Å². The van der Waals surface area contributed by atoms with Gasteiger partial charge in [-0.25, -0.2) is 0 Å². The van der Waals surface area contributed by atoms with E-state index in [1.165, 1.54) is 5.56 Å². The lowest BCUT2D eigenvalue weighted by atomic mass is 10.00. The van der Waals surface area contributed by atoms with E-state index in [-0.39, 0.29) is 12.0 Å². The normalized spacial score (nSPS) is 29.1. The first-order valence-electron chi connectivity index (χ1n) is 7.35. The molecule has 1 aromatic carbocycles. The van der Waals surface area contributed by atoms with Crippen molar-refractivity contribution in [1.82, 2.24) is 4.90 Å². The third kappa shape index (κ3) is 2.63. The van der Waals surface area contributed by atoms with Gasteiger partial charge in [-0.15, -0.1) is 0 Å². The lowest BCUT2D eigenvalue weighted by Gasteiger charge is -2.16. The van der Waals surface area contributed by atoms with Crippen molar-refractivity contribution in [1.29, 1.82) is 0 Å². The van der Waals surface area contributed by atoms with Crippen LogP contribution in [-0.2, 0) is 4.79 Å². The van der Waals surface area contributed by atoms with E-state index in [1.807, 2.05) is 42.2 Å². The summed E-state index contributed by atoms with van der Waals surface area (Å²) in [6.45, 7) is 3.56. The zero-order valence-electron chi connectivity index (χ0n) is 11.8. The van der Waals surface area contributed by atoms with Crippen LogP contribution in [0.25, 0.3) is 6.08 Å². The van der Waals surface area contributed by atoms with Crippen molar-refractivity contribution >= 4 is 12.0 Å². The van der Waals surface area contributed by atoms with E-state index in [1.54, 1.807) is 6.08 Å². The molecular formula is C17H21NO2. The molecular weight excluding hydrogens is 250 g/mol. The molecule has 1 aromatic rings. The van der Waals surface area contributed by atoms with E-state index in [2.05, 4.69) is 0 Å². The number of nitrogens with zero attached hydrogens (tertiary/aromatic N) is 1. The van der Waals surface area contributed by atoms with E-state index in [4.69, 9.17) is 0 Å². The van der Waals surface area contributed by atoms with Crippen LogP contribution in [0.3, 0.4) is 0 Å². The van der Waals surface area contributed by atoms with Crippen molar-refractivity contribution in [3.8, 4) is 0 Å². The van der Waals surface area contributed by atoms with Crippen LogP contribution in [-0.4, -0.2) is 35.1 Å². The maximum Gasteiger partial charge on any atom is 0.246 e. The fourth-order valence-corrected chi connectivity index (χ4v) is 3.37. The summed E-state index contributed by atoms with van der Waals surface area (Å²) >= 11 is 0. The van der Waals surface area contributed by atoms with Gasteiger partial charge in [0, 0.05) is 25.1 Å². The van der Waals surface area contributed by atoms with Gasteiger partial charge in [-0.1, -0.05) is 29.8 Å². The fraction of sp³-hybridized carbons (Fsp3) is 0.471. The van der Waals surface area contributed by atoms with Gasteiger partial charge in [0.15, 0.2) is 0 Å². The summed E-state index contributed by atoms with van der Waals surface area (Å²) in [6, 6.07) is 8.12. The Morgan fingerprint density at radius 2 is 2.00 bits per heavy atom. The highest BCUT2D eigenvalue weighted by molar-refractivity contribution is 5.92.